The molecule has 2 nitrogen and oxygen atoms in total. The minimum absolute atomic E-state index is 0.0132. The van der Waals surface area contributed by atoms with Crippen LogP contribution in [0.25, 0.3) is 44.2 Å². The van der Waals surface area contributed by atoms with Gasteiger partial charge < -0.3 is 0 Å². The lowest BCUT2D eigenvalue weighted by Crippen LogP contribution is -2.28. The van der Waals surface area contributed by atoms with E-state index >= 15 is 0 Å². The van der Waals surface area contributed by atoms with Gasteiger partial charge in [-0.1, -0.05) is 146 Å². The van der Waals surface area contributed by atoms with Gasteiger partial charge in [-0.2, -0.15) is 0 Å². The third-order valence-electron chi connectivity index (χ3n) is 11.4. The van der Waals surface area contributed by atoms with Crippen LogP contribution in [0.3, 0.4) is 0 Å². The number of hydrogen-bond acceptors (Lipinski definition) is 4. The highest BCUT2D eigenvalue weighted by Crippen LogP contribution is 2.59. The molecule has 0 bridgehead atoms. The van der Waals surface area contributed by atoms with E-state index in [2.05, 4.69) is 185 Å². The molecule has 0 radical (unpaired) electrons. The number of thioether (sulfide) groups is 2. The molecule has 1 aliphatic carbocycles. The average Bonchev–Trinajstić information content (AvgIpc) is 3.88. The van der Waals surface area contributed by atoms with Crippen LogP contribution in [-0.2, 0) is 5.41 Å². The molecule has 55 heavy (non-hydrogen) atoms. The monoisotopic (exact) mass is 746 g/mol. The van der Waals surface area contributed by atoms with E-state index < -0.39 is 5.41 Å². The summed E-state index contributed by atoms with van der Waals surface area (Å²) in [7, 11) is 0. The molecule has 7 aromatic carbocycles. The third-order valence-corrected chi connectivity index (χ3v) is 14.3. The molecular weight excluding hydrogens is 705 g/mol. The number of aliphatic imine (C=N–C) groups is 2. The molecule has 2 aliphatic heterocycles. The van der Waals surface area contributed by atoms with E-state index in [0.29, 0.717) is 0 Å². The summed E-state index contributed by atoms with van der Waals surface area (Å²) in [6.45, 7) is 8.86. The van der Waals surface area contributed by atoms with Crippen molar-refractivity contribution in [2.24, 2.45) is 9.98 Å². The van der Waals surface area contributed by atoms with Gasteiger partial charge in [0.2, 0.25) is 0 Å². The lowest BCUT2D eigenvalue weighted by atomic mass is 9.67. The zero-order valence-electron chi connectivity index (χ0n) is 31.6. The Balaban J connectivity index is 1.20. The smallest absolute Gasteiger partial charge is 0.0984 e. The molecule has 0 saturated carbocycles. The van der Waals surface area contributed by atoms with Crippen LogP contribution in [0.1, 0.15) is 61.1 Å². The Labute approximate surface area is 332 Å². The number of nitrogens with zero attached hydrogens (tertiary/aromatic N) is 2. The summed E-state index contributed by atoms with van der Waals surface area (Å²) < 4.78 is 0. The fourth-order valence-corrected chi connectivity index (χ4v) is 11.2. The van der Waals surface area contributed by atoms with Gasteiger partial charge in [0.1, 0.15) is 0 Å². The average molecular weight is 747 g/mol. The van der Waals surface area contributed by atoms with Gasteiger partial charge in [-0.3, -0.25) is 9.98 Å². The molecule has 0 aromatic heterocycles. The standard InChI is InChI=1S/C51H42N2S2/c1-49(2)31-54-47(52-49)35-23-19-33(20-24-35)37-27-28-42-44(29-37)51(38-13-7-5-8-14-38,39-15-9-6-10-16-39)45-30-43(40-17-11-12-18-41(40)46(42)45)34-21-25-36(26-22-34)48-53-50(3,4)32-55-48/h5-30H,31-32H2,1-4H3. The van der Waals surface area contributed by atoms with Crippen molar-refractivity contribution in [3.63, 3.8) is 0 Å². The van der Waals surface area contributed by atoms with Crippen molar-refractivity contribution in [2.75, 3.05) is 11.5 Å². The van der Waals surface area contributed by atoms with Gasteiger partial charge in [0.25, 0.3) is 0 Å². The van der Waals surface area contributed by atoms with Crippen molar-refractivity contribution < 1.29 is 0 Å². The van der Waals surface area contributed by atoms with Crippen molar-refractivity contribution >= 4 is 44.4 Å². The normalized spacial score (nSPS) is 17.5. The van der Waals surface area contributed by atoms with Crippen molar-refractivity contribution in [2.45, 2.75) is 44.2 Å². The Kier molecular flexibility index (Phi) is 8.10. The first-order chi connectivity index (χ1) is 26.7. The molecule has 4 heteroatoms. The lowest BCUT2D eigenvalue weighted by molar-refractivity contribution is 0.605. The fourth-order valence-electron chi connectivity index (χ4n) is 8.82. The van der Waals surface area contributed by atoms with E-state index in [1.54, 1.807) is 0 Å². The van der Waals surface area contributed by atoms with Crippen molar-refractivity contribution in [1.82, 2.24) is 0 Å². The molecule has 0 saturated heterocycles. The highest BCUT2D eigenvalue weighted by Gasteiger charge is 2.47. The molecule has 0 amide bonds. The Bertz CT molecular complexity index is 2630. The predicted molar refractivity (Wildman–Crippen MR) is 238 cm³/mol. The van der Waals surface area contributed by atoms with E-state index in [4.69, 9.17) is 9.98 Å². The summed E-state index contributed by atoms with van der Waals surface area (Å²) >= 11 is 3.72. The summed E-state index contributed by atoms with van der Waals surface area (Å²) in [6, 6.07) is 59.1. The van der Waals surface area contributed by atoms with Gasteiger partial charge in [-0.05, 0) is 106 Å². The van der Waals surface area contributed by atoms with Gasteiger partial charge in [0, 0.05) is 22.6 Å². The molecular formula is C51H42N2S2. The molecule has 0 fully saturated rings. The Morgan fingerprint density at radius 2 is 0.891 bits per heavy atom. The maximum atomic E-state index is 5.03. The maximum absolute atomic E-state index is 5.03. The summed E-state index contributed by atoms with van der Waals surface area (Å²) in [4.78, 5) is 10.0. The lowest BCUT2D eigenvalue weighted by Gasteiger charge is -2.34. The van der Waals surface area contributed by atoms with Crippen LogP contribution in [0.4, 0.5) is 0 Å². The SMILES string of the molecule is CC1(C)CSC(c2ccc(-c3ccc4c(c3)C(c3ccccc3)(c3ccccc3)c3cc(-c5ccc(C6=NC(C)(C)CS6)cc5)c5ccccc5c3-4)cc2)=N1. The number of fused-ring (bicyclic) bond motifs is 5. The van der Waals surface area contributed by atoms with E-state index in [9.17, 15) is 0 Å². The Morgan fingerprint density at radius 3 is 1.42 bits per heavy atom. The van der Waals surface area contributed by atoms with Gasteiger partial charge in [-0.15, -0.1) is 23.5 Å². The highest BCUT2D eigenvalue weighted by atomic mass is 32.2. The molecule has 0 N–H and O–H groups in total. The first kappa shape index (κ1) is 34.3. The molecule has 10 rings (SSSR count). The zero-order valence-corrected chi connectivity index (χ0v) is 33.3. The second-order valence-electron chi connectivity index (χ2n) is 16.3. The zero-order chi connectivity index (χ0) is 37.4. The third kappa shape index (κ3) is 5.72. The largest absolute Gasteiger partial charge is 0.271 e. The first-order valence-electron chi connectivity index (χ1n) is 19.2. The quantitative estimate of drug-likeness (QED) is 0.169. The van der Waals surface area contributed by atoms with Crippen LogP contribution in [0.2, 0.25) is 0 Å². The highest BCUT2D eigenvalue weighted by molar-refractivity contribution is 8.15. The van der Waals surface area contributed by atoms with Gasteiger partial charge in [-0.25, -0.2) is 0 Å². The van der Waals surface area contributed by atoms with E-state index in [-0.39, 0.29) is 11.1 Å². The minimum Gasteiger partial charge on any atom is -0.271 e. The summed E-state index contributed by atoms with van der Waals surface area (Å²) in [5.41, 5.74) is 14.5. The minimum atomic E-state index is -0.538. The van der Waals surface area contributed by atoms with Crippen molar-refractivity contribution in [3.05, 3.63) is 191 Å². The Hall–Kier alpha value is -5.16. The van der Waals surface area contributed by atoms with Crippen LogP contribution in [0.5, 0.6) is 0 Å². The maximum Gasteiger partial charge on any atom is 0.0984 e. The summed E-state index contributed by atoms with van der Waals surface area (Å²) in [5.74, 6) is 2.03. The molecule has 268 valence electrons. The van der Waals surface area contributed by atoms with Crippen LogP contribution in [-0.4, -0.2) is 32.7 Å². The second kappa shape index (κ2) is 13.0. The molecule has 0 unspecified atom stereocenters. The number of benzene rings is 7. The summed E-state index contributed by atoms with van der Waals surface area (Å²) in [6.07, 6.45) is 0. The number of hydrogen-bond donors (Lipinski definition) is 0. The Morgan fingerprint density at radius 1 is 0.418 bits per heavy atom. The molecule has 2 heterocycles. The van der Waals surface area contributed by atoms with E-state index in [0.717, 1.165) is 21.6 Å². The summed E-state index contributed by atoms with van der Waals surface area (Å²) in [5, 5.41) is 4.82. The predicted octanol–water partition coefficient (Wildman–Crippen LogP) is 13.1. The van der Waals surface area contributed by atoms with E-state index in [1.165, 1.54) is 77.5 Å². The molecule has 3 aliphatic rings. The first-order valence-corrected chi connectivity index (χ1v) is 21.2. The topological polar surface area (TPSA) is 24.7 Å². The molecule has 0 spiro atoms. The van der Waals surface area contributed by atoms with Gasteiger partial charge in [0.15, 0.2) is 0 Å². The van der Waals surface area contributed by atoms with Crippen LogP contribution < -0.4 is 0 Å². The van der Waals surface area contributed by atoms with Gasteiger partial charge >= 0.3 is 0 Å². The second-order valence-corrected chi connectivity index (χ2v) is 18.3. The van der Waals surface area contributed by atoms with Crippen molar-refractivity contribution in [3.8, 4) is 33.4 Å². The van der Waals surface area contributed by atoms with Crippen LogP contribution >= 0.6 is 23.5 Å². The molecule has 0 atom stereocenters. The van der Waals surface area contributed by atoms with E-state index in [1.807, 2.05) is 23.5 Å². The fraction of sp³-hybridized carbons (Fsp3) is 0.176. The molecule has 7 aromatic rings. The van der Waals surface area contributed by atoms with Gasteiger partial charge in [0.05, 0.1) is 26.6 Å². The van der Waals surface area contributed by atoms with Crippen molar-refractivity contribution in [1.29, 1.82) is 0 Å². The van der Waals surface area contributed by atoms with Crippen LogP contribution in [0, 0.1) is 0 Å². The number of rotatable bonds is 6. The van der Waals surface area contributed by atoms with Crippen LogP contribution in [0.15, 0.2) is 168 Å².